The lowest BCUT2D eigenvalue weighted by atomic mass is 10.2. The van der Waals surface area contributed by atoms with Gasteiger partial charge in [-0.2, -0.15) is 5.26 Å². The van der Waals surface area contributed by atoms with E-state index in [4.69, 9.17) is 5.26 Å². The highest BCUT2D eigenvalue weighted by molar-refractivity contribution is 4.72. The number of hydrogen-bond acceptors (Lipinski definition) is 2. The summed E-state index contributed by atoms with van der Waals surface area (Å²) in [6.45, 7) is 5.23. The van der Waals surface area contributed by atoms with E-state index >= 15 is 0 Å². The second-order valence-electron chi connectivity index (χ2n) is 2.65. The summed E-state index contributed by atoms with van der Waals surface area (Å²) >= 11 is 0. The molecule has 1 atom stereocenters. The van der Waals surface area contributed by atoms with Crippen LogP contribution < -0.4 is 0 Å². The van der Waals surface area contributed by atoms with Gasteiger partial charge in [0, 0.05) is 19.0 Å². The Bertz CT molecular complexity index is 115. The summed E-state index contributed by atoms with van der Waals surface area (Å²) in [7, 11) is 2.06. The Morgan fingerprint density at radius 2 is 2.20 bits per heavy atom. The molecule has 0 aromatic carbocycles. The Labute approximate surface area is 63.4 Å². The highest BCUT2D eigenvalue weighted by Crippen LogP contribution is 1.99. The zero-order valence-electron chi connectivity index (χ0n) is 7.09. The molecule has 10 heavy (non-hydrogen) atoms. The van der Waals surface area contributed by atoms with Crippen LogP contribution in [0.15, 0.2) is 0 Å². The quantitative estimate of drug-likeness (QED) is 0.593. The molecule has 0 spiro atoms. The molecule has 58 valence electrons. The predicted octanol–water partition coefficient (Wildman–Crippen LogP) is 1.63. The SMILES string of the molecule is CCC(C)N(C)CCC#N. The molecule has 0 fully saturated rings. The molecule has 1 unspecified atom stereocenters. The number of hydrogen-bond donors (Lipinski definition) is 0. The van der Waals surface area contributed by atoms with Gasteiger partial charge in [0.1, 0.15) is 0 Å². The van der Waals surface area contributed by atoms with Crippen molar-refractivity contribution >= 4 is 0 Å². The lowest BCUT2D eigenvalue weighted by molar-refractivity contribution is 0.257. The maximum atomic E-state index is 8.29. The second kappa shape index (κ2) is 5.25. The third-order valence-corrected chi connectivity index (χ3v) is 1.92. The number of rotatable bonds is 4. The van der Waals surface area contributed by atoms with Crippen LogP contribution in [0, 0.1) is 11.3 Å². The summed E-state index contributed by atoms with van der Waals surface area (Å²) in [5.41, 5.74) is 0. The summed E-state index contributed by atoms with van der Waals surface area (Å²) in [4.78, 5) is 2.21. The standard InChI is InChI=1S/C8H16N2/c1-4-8(2)10(3)7-5-6-9/h8H,4-5,7H2,1-3H3. The monoisotopic (exact) mass is 140 g/mol. The molecule has 0 heterocycles. The summed E-state index contributed by atoms with van der Waals surface area (Å²) < 4.78 is 0. The molecule has 0 aliphatic carbocycles. The molecule has 0 aliphatic rings. The average molecular weight is 140 g/mol. The van der Waals surface area contributed by atoms with Gasteiger partial charge in [0.15, 0.2) is 0 Å². The van der Waals surface area contributed by atoms with Crippen molar-refractivity contribution in [3.63, 3.8) is 0 Å². The Kier molecular flexibility index (Phi) is 4.96. The van der Waals surface area contributed by atoms with E-state index in [9.17, 15) is 0 Å². The summed E-state index contributed by atoms with van der Waals surface area (Å²) in [6.07, 6.45) is 1.79. The zero-order chi connectivity index (χ0) is 7.98. The fraction of sp³-hybridized carbons (Fsp3) is 0.875. The van der Waals surface area contributed by atoms with Crippen molar-refractivity contribution in [3.05, 3.63) is 0 Å². The smallest absolute Gasteiger partial charge is 0.0635 e. The first-order valence-corrected chi connectivity index (χ1v) is 3.79. The molecule has 2 nitrogen and oxygen atoms in total. The van der Waals surface area contributed by atoms with Crippen molar-refractivity contribution in [2.24, 2.45) is 0 Å². The molecule has 0 bridgehead atoms. The second-order valence-corrected chi connectivity index (χ2v) is 2.65. The Balaban J connectivity index is 3.43. The van der Waals surface area contributed by atoms with E-state index < -0.39 is 0 Å². The molecule has 0 saturated heterocycles. The van der Waals surface area contributed by atoms with E-state index in [-0.39, 0.29) is 0 Å². The van der Waals surface area contributed by atoms with Crippen LogP contribution >= 0.6 is 0 Å². The van der Waals surface area contributed by atoms with Crippen LogP contribution in [0.4, 0.5) is 0 Å². The zero-order valence-corrected chi connectivity index (χ0v) is 7.09. The van der Waals surface area contributed by atoms with Crippen LogP contribution in [0.3, 0.4) is 0 Å². The van der Waals surface area contributed by atoms with Crippen LogP contribution in [-0.2, 0) is 0 Å². The normalized spacial score (nSPS) is 13.1. The molecular weight excluding hydrogens is 124 g/mol. The van der Waals surface area contributed by atoms with Crippen LogP contribution in [0.2, 0.25) is 0 Å². The molecule has 0 aromatic rings. The molecule has 0 aromatic heterocycles. The third kappa shape index (κ3) is 3.47. The number of nitrogens with zero attached hydrogens (tertiary/aromatic N) is 2. The topological polar surface area (TPSA) is 27.0 Å². The van der Waals surface area contributed by atoms with Crippen LogP contribution in [0.1, 0.15) is 26.7 Å². The van der Waals surface area contributed by atoms with Crippen LogP contribution in [-0.4, -0.2) is 24.5 Å². The van der Waals surface area contributed by atoms with E-state index in [2.05, 4.69) is 31.9 Å². The summed E-state index contributed by atoms with van der Waals surface area (Å²) in [5, 5.41) is 8.29. The average Bonchev–Trinajstić information content (AvgIpc) is 1.98. The van der Waals surface area contributed by atoms with Crippen molar-refractivity contribution in [1.82, 2.24) is 4.90 Å². The molecule has 0 radical (unpaired) electrons. The third-order valence-electron chi connectivity index (χ3n) is 1.92. The van der Waals surface area contributed by atoms with Gasteiger partial charge in [-0.1, -0.05) is 6.92 Å². The lowest BCUT2D eigenvalue weighted by Gasteiger charge is -2.21. The predicted molar refractivity (Wildman–Crippen MR) is 42.6 cm³/mol. The van der Waals surface area contributed by atoms with Crippen molar-refractivity contribution in [2.45, 2.75) is 32.7 Å². The largest absolute Gasteiger partial charge is 0.303 e. The van der Waals surface area contributed by atoms with E-state index in [1.165, 1.54) is 0 Å². The van der Waals surface area contributed by atoms with E-state index in [1.54, 1.807) is 0 Å². The van der Waals surface area contributed by atoms with Gasteiger partial charge in [0.05, 0.1) is 6.07 Å². The van der Waals surface area contributed by atoms with E-state index in [1.807, 2.05) is 0 Å². The molecule has 0 saturated carbocycles. The maximum absolute atomic E-state index is 8.29. The van der Waals surface area contributed by atoms with Crippen molar-refractivity contribution in [1.29, 1.82) is 5.26 Å². The van der Waals surface area contributed by atoms with Gasteiger partial charge >= 0.3 is 0 Å². The van der Waals surface area contributed by atoms with Crippen molar-refractivity contribution in [2.75, 3.05) is 13.6 Å². The van der Waals surface area contributed by atoms with E-state index in [0.717, 1.165) is 13.0 Å². The highest BCUT2D eigenvalue weighted by Gasteiger charge is 2.04. The minimum atomic E-state index is 0.605. The van der Waals surface area contributed by atoms with Gasteiger partial charge in [-0.05, 0) is 20.4 Å². The fourth-order valence-electron chi connectivity index (χ4n) is 0.758. The first kappa shape index (κ1) is 9.45. The maximum Gasteiger partial charge on any atom is 0.0635 e. The lowest BCUT2D eigenvalue weighted by Crippen LogP contribution is -2.29. The molecular formula is C8H16N2. The van der Waals surface area contributed by atoms with Gasteiger partial charge < -0.3 is 4.90 Å². The van der Waals surface area contributed by atoms with E-state index in [0.29, 0.717) is 12.5 Å². The summed E-state index contributed by atoms with van der Waals surface area (Å²) in [6, 6.07) is 2.74. The fourth-order valence-corrected chi connectivity index (χ4v) is 0.758. The molecule has 0 rings (SSSR count). The van der Waals surface area contributed by atoms with Gasteiger partial charge in [0.2, 0.25) is 0 Å². The van der Waals surface area contributed by atoms with Crippen LogP contribution in [0.5, 0.6) is 0 Å². The first-order chi connectivity index (χ1) is 4.72. The van der Waals surface area contributed by atoms with Gasteiger partial charge in [-0.3, -0.25) is 0 Å². The van der Waals surface area contributed by atoms with Gasteiger partial charge in [-0.15, -0.1) is 0 Å². The van der Waals surface area contributed by atoms with Crippen molar-refractivity contribution < 1.29 is 0 Å². The minimum Gasteiger partial charge on any atom is -0.303 e. The Morgan fingerprint density at radius 3 is 2.60 bits per heavy atom. The molecule has 2 heteroatoms. The molecule has 0 N–H and O–H groups in total. The number of nitriles is 1. The van der Waals surface area contributed by atoms with Gasteiger partial charge in [0.25, 0.3) is 0 Å². The summed E-state index contributed by atoms with van der Waals surface area (Å²) in [5.74, 6) is 0. The molecule has 0 amide bonds. The van der Waals surface area contributed by atoms with Crippen LogP contribution in [0.25, 0.3) is 0 Å². The Morgan fingerprint density at radius 1 is 1.60 bits per heavy atom. The highest BCUT2D eigenvalue weighted by atomic mass is 15.1. The minimum absolute atomic E-state index is 0.605. The Hall–Kier alpha value is -0.550. The van der Waals surface area contributed by atoms with Crippen molar-refractivity contribution in [3.8, 4) is 6.07 Å². The molecule has 0 aliphatic heterocycles. The first-order valence-electron chi connectivity index (χ1n) is 3.79. The van der Waals surface area contributed by atoms with Gasteiger partial charge in [-0.25, -0.2) is 0 Å².